The molecule has 0 aliphatic heterocycles. The molecule has 0 saturated carbocycles. The number of nitro groups is 1. The Morgan fingerprint density at radius 1 is 0.700 bits per heavy atom. The van der Waals surface area contributed by atoms with Gasteiger partial charge in [-0.25, -0.2) is 0 Å². The van der Waals surface area contributed by atoms with Crippen molar-refractivity contribution in [3.05, 3.63) is 99.6 Å². The van der Waals surface area contributed by atoms with E-state index < -0.39 is 22.7 Å². The number of amides is 2. The van der Waals surface area contributed by atoms with Gasteiger partial charge in [0.2, 0.25) is 0 Å². The molecule has 3 rings (SSSR count). The Morgan fingerprint density at radius 2 is 1.17 bits per heavy atom. The second-order valence-electron chi connectivity index (χ2n) is 6.16. The van der Waals surface area contributed by atoms with E-state index >= 15 is 0 Å². The lowest BCUT2D eigenvalue weighted by atomic mass is 10.1. The number of anilines is 2. The first-order chi connectivity index (χ1) is 14.3. The molecule has 30 heavy (non-hydrogen) atoms. The van der Waals surface area contributed by atoms with Crippen LogP contribution >= 0.6 is 0 Å². The number of non-ortho nitro benzene ring substituents is 1. The van der Waals surface area contributed by atoms with Crippen molar-refractivity contribution in [1.82, 2.24) is 0 Å². The largest absolute Gasteiger partial charge is 0.545 e. The van der Waals surface area contributed by atoms with Crippen LogP contribution in [-0.2, 0) is 0 Å². The van der Waals surface area contributed by atoms with Crippen LogP contribution in [0.3, 0.4) is 0 Å². The molecule has 0 aliphatic rings. The highest BCUT2D eigenvalue weighted by Crippen LogP contribution is 2.17. The normalized spacial score (nSPS) is 10.1. The molecule has 0 atom stereocenters. The quantitative estimate of drug-likeness (QED) is 0.477. The Kier molecular flexibility index (Phi) is 5.83. The summed E-state index contributed by atoms with van der Waals surface area (Å²) in [4.78, 5) is 46.0. The van der Waals surface area contributed by atoms with E-state index in [-0.39, 0.29) is 28.1 Å². The zero-order chi connectivity index (χ0) is 21.7. The third-order valence-electron chi connectivity index (χ3n) is 4.06. The first-order valence-electron chi connectivity index (χ1n) is 8.62. The second-order valence-corrected chi connectivity index (χ2v) is 6.16. The van der Waals surface area contributed by atoms with Crippen molar-refractivity contribution >= 4 is 34.8 Å². The number of carbonyl (C=O) groups excluding carboxylic acids is 3. The van der Waals surface area contributed by atoms with Gasteiger partial charge in [0.05, 0.1) is 10.9 Å². The van der Waals surface area contributed by atoms with Gasteiger partial charge in [-0.15, -0.1) is 0 Å². The van der Waals surface area contributed by atoms with E-state index in [9.17, 15) is 29.6 Å². The van der Waals surface area contributed by atoms with Crippen LogP contribution in [0.4, 0.5) is 17.1 Å². The van der Waals surface area contributed by atoms with Crippen molar-refractivity contribution in [3.63, 3.8) is 0 Å². The lowest BCUT2D eigenvalue weighted by Crippen LogP contribution is -2.22. The van der Waals surface area contributed by atoms with Gasteiger partial charge in [-0.2, -0.15) is 0 Å². The Bertz CT molecular complexity index is 1160. The van der Waals surface area contributed by atoms with E-state index in [4.69, 9.17) is 0 Å². The molecule has 0 heterocycles. The molecular weight excluding hydrogens is 390 g/mol. The van der Waals surface area contributed by atoms with Crippen molar-refractivity contribution in [1.29, 1.82) is 0 Å². The van der Waals surface area contributed by atoms with Crippen molar-refractivity contribution < 1.29 is 24.4 Å². The number of hydrogen-bond acceptors (Lipinski definition) is 6. The van der Waals surface area contributed by atoms with Gasteiger partial charge < -0.3 is 20.5 Å². The van der Waals surface area contributed by atoms with E-state index in [0.717, 1.165) is 6.07 Å². The zero-order valence-corrected chi connectivity index (χ0v) is 15.3. The standard InChI is InChI=1S/C21H15N3O6/c25-19(23-17-8-2-6-15(11-17)21(27)28)13-4-1-7-16(10-13)22-20(26)14-5-3-9-18(12-14)24(29)30/h1-12H,(H,22,26)(H,23,25)(H,27,28)/p-1. The van der Waals surface area contributed by atoms with Crippen molar-refractivity contribution in [3.8, 4) is 0 Å². The fourth-order valence-electron chi connectivity index (χ4n) is 2.63. The molecule has 0 radical (unpaired) electrons. The number of aromatic carboxylic acids is 1. The Balaban J connectivity index is 1.74. The maximum absolute atomic E-state index is 12.5. The number of carboxylic acids is 1. The molecular formula is C21H14N3O6-. The lowest BCUT2D eigenvalue weighted by Gasteiger charge is -2.10. The maximum atomic E-state index is 12.5. The first-order valence-corrected chi connectivity index (χ1v) is 8.62. The fraction of sp³-hybridized carbons (Fsp3) is 0. The molecule has 0 aromatic heterocycles. The second kappa shape index (κ2) is 8.65. The fourth-order valence-corrected chi connectivity index (χ4v) is 2.63. The zero-order valence-electron chi connectivity index (χ0n) is 15.3. The van der Waals surface area contributed by atoms with Gasteiger partial charge in [0.15, 0.2) is 0 Å². The molecule has 2 amide bonds. The third kappa shape index (κ3) is 4.84. The van der Waals surface area contributed by atoms with Crippen LogP contribution in [-0.4, -0.2) is 22.7 Å². The molecule has 0 fully saturated rings. The van der Waals surface area contributed by atoms with Crippen LogP contribution in [0, 0.1) is 10.1 Å². The predicted octanol–water partition coefficient (Wildman–Crippen LogP) is 2.46. The Morgan fingerprint density at radius 3 is 1.70 bits per heavy atom. The lowest BCUT2D eigenvalue weighted by molar-refractivity contribution is -0.384. The summed E-state index contributed by atoms with van der Waals surface area (Å²) in [6.07, 6.45) is 0. The molecule has 9 heteroatoms. The summed E-state index contributed by atoms with van der Waals surface area (Å²) < 4.78 is 0. The first kappa shape index (κ1) is 20.2. The molecule has 0 saturated heterocycles. The number of nitrogens with zero attached hydrogens (tertiary/aromatic N) is 1. The minimum absolute atomic E-state index is 0.0780. The Hall–Kier alpha value is -4.53. The predicted molar refractivity (Wildman–Crippen MR) is 106 cm³/mol. The summed E-state index contributed by atoms with van der Waals surface area (Å²) in [5, 5.41) is 26.9. The third-order valence-corrected chi connectivity index (χ3v) is 4.06. The molecule has 0 bridgehead atoms. The van der Waals surface area contributed by atoms with Crippen LogP contribution in [0.2, 0.25) is 0 Å². The van der Waals surface area contributed by atoms with Crippen molar-refractivity contribution in [2.45, 2.75) is 0 Å². The number of benzene rings is 3. The number of nitrogens with one attached hydrogen (secondary N) is 2. The summed E-state index contributed by atoms with van der Waals surface area (Å²) in [5.41, 5.74) is 0.597. The van der Waals surface area contributed by atoms with Crippen LogP contribution in [0.1, 0.15) is 31.1 Å². The summed E-state index contributed by atoms with van der Waals surface area (Å²) in [6, 6.07) is 16.9. The molecule has 0 spiro atoms. The Labute approximate surface area is 170 Å². The van der Waals surface area contributed by atoms with Crippen LogP contribution in [0.5, 0.6) is 0 Å². The highest BCUT2D eigenvalue weighted by molar-refractivity contribution is 6.07. The minimum atomic E-state index is -1.36. The number of carboxylic acid groups (broad SMARTS) is 1. The molecule has 3 aromatic rings. The van der Waals surface area contributed by atoms with Crippen molar-refractivity contribution in [2.24, 2.45) is 0 Å². The summed E-state index contributed by atoms with van der Waals surface area (Å²) in [6.45, 7) is 0. The minimum Gasteiger partial charge on any atom is -0.545 e. The van der Waals surface area contributed by atoms with Crippen LogP contribution in [0.15, 0.2) is 72.8 Å². The van der Waals surface area contributed by atoms with E-state index in [1.807, 2.05) is 0 Å². The maximum Gasteiger partial charge on any atom is 0.270 e. The monoisotopic (exact) mass is 404 g/mol. The smallest absolute Gasteiger partial charge is 0.270 e. The average molecular weight is 404 g/mol. The number of hydrogen-bond donors (Lipinski definition) is 2. The van der Waals surface area contributed by atoms with Gasteiger partial charge in [0.1, 0.15) is 0 Å². The highest BCUT2D eigenvalue weighted by atomic mass is 16.6. The van der Waals surface area contributed by atoms with Crippen LogP contribution in [0.25, 0.3) is 0 Å². The summed E-state index contributed by atoms with van der Waals surface area (Å²) in [5.74, 6) is -2.45. The molecule has 3 aromatic carbocycles. The molecule has 0 aliphatic carbocycles. The van der Waals surface area contributed by atoms with E-state index in [0.29, 0.717) is 5.69 Å². The number of nitro benzene ring substituents is 1. The van der Waals surface area contributed by atoms with Crippen LogP contribution < -0.4 is 15.7 Å². The van der Waals surface area contributed by atoms with E-state index in [1.54, 1.807) is 12.1 Å². The molecule has 0 unspecified atom stereocenters. The summed E-state index contributed by atoms with van der Waals surface area (Å²) >= 11 is 0. The van der Waals surface area contributed by atoms with Gasteiger partial charge in [-0.05, 0) is 42.0 Å². The molecule has 2 N–H and O–H groups in total. The topological polar surface area (TPSA) is 141 Å². The van der Waals surface area contributed by atoms with Gasteiger partial charge >= 0.3 is 0 Å². The van der Waals surface area contributed by atoms with E-state index in [2.05, 4.69) is 10.6 Å². The number of carbonyl (C=O) groups is 3. The molecule has 150 valence electrons. The number of rotatable bonds is 6. The average Bonchev–Trinajstić information content (AvgIpc) is 2.74. The SMILES string of the molecule is O=C([O-])c1cccc(NC(=O)c2cccc(NC(=O)c3cccc([N+](=O)[O-])c3)c2)c1. The van der Waals surface area contributed by atoms with Gasteiger partial charge in [-0.3, -0.25) is 19.7 Å². The van der Waals surface area contributed by atoms with Gasteiger partial charge in [0.25, 0.3) is 17.5 Å². The summed E-state index contributed by atoms with van der Waals surface area (Å²) in [7, 11) is 0. The molecule has 9 nitrogen and oxygen atoms in total. The van der Waals surface area contributed by atoms with Gasteiger partial charge in [0, 0.05) is 34.6 Å². The van der Waals surface area contributed by atoms with E-state index in [1.165, 1.54) is 54.6 Å². The highest BCUT2D eigenvalue weighted by Gasteiger charge is 2.13. The van der Waals surface area contributed by atoms with Gasteiger partial charge in [-0.1, -0.05) is 24.3 Å². The van der Waals surface area contributed by atoms with Crippen molar-refractivity contribution in [2.75, 3.05) is 10.6 Å².